The largest absolute Gasteiger partial charge is 0.379 e. The number of ether oxygens (including phenoxy) is 1. The van der Waals surface area contributed by atoms with Crippen molar-refractivity contribution in [3.05, 3.63) is 64.7 Å². The molecule has 148 valence electrons. The summed E-state index contributed by atoms with van der Waals surface area (Å²) in [4.78, 5) is 12.5. The summed E-state index contributed by atoms with van der Waals surface area (Å²) in [7, 11) is -3.66. The zero-order valence-electron chi connectivity index (χ0n) is 15.9. The number of aryl methyl sites for hydroxylation is 2. The Morgan fingerprint density at radius 1 is 1.14 bits per heavy atom. The van der Waals surface area contributed by atoms with Crippen LogP contribution in [0.5, 0.6) is 0 Å². The lowest BCUT2D eigenvalue weighted by molar-refractivity contribution is 0.0730. The maximum absolute atomic E-state index is 12.7. The second-order valence-electron chi connectivity index (χ2n) is 6.60. The van der Waals surface area contributed by atoms with Crippen LogP contribution in [0, 0.1) is 13.8 Å². The van der Waals surface area contributed by atoms with Crippen molar-refractivity contribution in [3.63, 3.8) is 0 Å². The first-order valence-electron chi connectivity index (χ1n) is 8.96. The molecule has 7 nitrogen and oxygen atoms in total. The zero-order chi connectivity index (χ0) is 20.1. The Hall–Kier alpha value is -2.55. The molecule has 0 aromatic heterocycles. The molecule has 0 unspecified atom stereocenters. The monoisotopic (exact) mass is 401 g/mol. The van der Waals surface area contributed by atoms with E-state index in [4.69, 9.17) is 4.74 Å². The molecule has 1 fully saturated rings. The van der Waals surface area contributed by atoms with E-state index in [1.807, 2.05) is 32.0 Å². The summed E-state index contributed by atoms with van der Waals surface area (Å²) in [5.74, 6) is -0.472. The number of hydrogen-bond donors (Lipinski definition) is 1. The van der Waals surface area contributed by atoms with Crippen LogP contribution >= 0.6 is 0 Å². The minimum atomic E-state index is -3.66. The first-order valence-corrected chi connectivity index (χ1v) is 10.4. The molecule has 0 bridgehead atoms. The van der Waals surface area contributed by atoms with Crippen LogP contribution in [0.25, 0.3) is 0 Å². The lowest BCUT2D eigenvalue weighted by Gasteiger charge is -2.26. The quantitative estimate of drug-likeness (QED) is 0.614. The molecule has 8 heteroatoms. The van der Waals surface area contributed by atoms with Gasteiger partial charge in [0.25, 0.3) is 5.91 Å². The van der Waals surface area contributed by atoms with Gasteiger partial charge in [0.1, 0.15) is 0 Å². The summed E-state index contributed by atoms with van der Waals surface area (Å²) in [5, 5.41) is 4.00. The van der Waals surface area contributed by atoms with Crippen LogP contribution in [-0.2, 0) is 14.8 Å². The summed E-state index contributed by atoms with van der Waals surface area (Å²) in [6, 6.07) is 11.9. The Labute approximate surface area is 165 Å². The lowest BCUT2D eigenvalue weighted by Crippen LogP contribution is -2.40. The van der Waals surface area contributed by atoms with Gasteiger partial charge >= 0.3 is 0 Å². The highest BCUT2D eigenvalue weighted by Gasteiger charge is 2.26. The molecule has 1 heterocycles. The molecule has 0 radical (unpaired) electrons. The molecule has 1 aliphatic rings. The van der Waals surface area contributed by atoms with Crippen LogP contribution in [-0.4, -0.2) is 51.1 Å². The molecule has 2 aromatic carbocycles. The molecule has 2 aromatic rings. The van der Waals surface area contributed by atoms with Gasteiger partial charge in [-0.2, -0.15) is 9.41 Å². The highest BCUT2D eigenvalue weighted by molar-refractivity contribution is 7.89. The minimum Gasteiger partial charge on any atom is -0.379 e. The molecular weight excluding hydrogens is 378 g/mol. The third-order valence-electron chi connectivity index (χ3n) is 4.51. The van der Waals surface area contributed by atoms with E-state index in [1.54, 1.807) is 18.3 Å². The predicted octanol–water partition coefficient (Wildman–Crippen LogP) is 2.09. The summed E-state index contributed by atoms with van der Waals surface area (Å²) < 4.78 is 32.0. The fourth-order valence-electron chi connectivity index (χ4n) is 2.86. The average molecular weight is 401 g/mol. The van der Waals surface area contributed by atoms with E-state index in [1.165, 1.54) is 16.4 Å². The normalized spacial score (nSPS) is 15.6. The van der Waals surface area contributed by atoms with Gasteiger partial charge in [0.2, 0.25) is 10.0 Å². The van der Waals surface area contributed by atoms with E-state index in [9.17, 15) is 13.2 Å². The summed E-state index contributed by atoms with van der Waals surface area (Å²) in [6.07, 6.45) is 1.58. The molecular formula is C20H23N3O4S. The molecule has 3 rings (SSSR count). The van der Waals surface area contributed by atoms with Gasteiger partial charge in [0.05, 0.1) is 24.3 Å². The van der Waals surface area contributed by atoms with Crippen molar-refractivity contribution in [3.8, 4) is 0 Å². The van der Waals surface area contributed by atoms with Crippen LogP contribution in [0.4, 0.5) is 0 Å². The molecule has 1 amide bonds. The van der Waals surface area contributed by atoms with E-state index in [2.05, 4.69) is 10.5 Å². The topological polar surface area (TPSA) is 88.1 Å². The highest BCUT2D eigenvalue weighted by Crippen LogP contribution is 2.18. The smallest absolute Gasteiger partial charge is 0.271 e. The number of carbonyl (C=O) groups excluding carboxylic acids is 1. The molecule has 0 aliphatic carbocycles. The Balaban J connectivity index is 1.73. The van der Waals surface area contributed by atoms with Crippen molar-refractivity contribution >= 4 is 22.1 Å². The first kappa shape index (κ1) is 20.2. The molecule has 28 heavy (non-hydrogen) atoms. The van der Waals surface area contributed by atoms with Crippen LogP contribution in [0.2, 0.25) is 0 Å². The third kappa shape index (κ3) is 4.64. The van der Waals surface area contributed by atoms with Gasteiger partial charge in [0, 0.05) is 18.7 Å². The Bertz CT molecular complexity index is 996. The SMILES string of the molecule is Cc1ccc(C)c(C=NNC(=O)c2cccc(S(=O)(=O)N3CCOCC3)c2)c1. The summed E-state index contributed by atoms with van der Waals surface area (Å²) in [6.45, 7) is 5.29. The van der Waals surface area contributed by atoms with E-state index in [-0.39, 0.29) is 10.5 Å². The fraction of sp³-hybridized carbons (Fsp3) is 0.300. The van der Waals surface area contributed by atoms with Crippen molar-refractivity contribution in [1.29, 1.82) is 0 Å². The maximum Gasteiger partial charge on any atom is 0.271 e. The van der Waals surface area contributed by atoms with Crippen molar-refractivity contribution in [2.75, 3.05) is 26.3 Å². The zero-order valence-corrected chi connectivity index (χ0v) is 16.7. The fourth-order valence-corrected chi connectivity index (χ4v) is 4.31. The number of morpholine rings is 1. The van der Waals surface area contributed by atoms with E-state index in [0.717, 1.165) is 16.7 Å². The summed E-state index contributed by atoms with van der Waals surface area (Å²) in [5.41, 5.74) is 5.73. The highest BCUT2D eigenvalue weighted by atomic mass is 32.2. The van der Waals surface area contributed by atoms with Gasteiger partial charge in [-0.25, -0.2) is 13.8 Å². The minimum absolute atomic E-state index is 0.0839. The van der Waals surface area contributed by atoms with Crippen molar-refractivity contribution in [1.82, 2.24) is 9.73 Å². The van der Waals surface area contributed by atoms with E-state index in [0.29, 0.717) is 26.3 Å². The van der Waals surface area contributed by atoms with Gasteiger partial charge in [-0.15, -0.1) is 0 Å². The van der Waals surface area contributed by atoms with Crippen LogP contribution in [0.15, 0.2) is 52.5 Å². The van der Waals surface area contributed by atoms with Crippen molar-refractivity contribution < 1.29 is 17.9 Å². The molecule has 1 aliphatic heterocycles. The standard InChI is InChI=1S/C20H23N3O4S/c1-15-6-7-16(2)18(12-15)14-21-22-20(24)17-4-3-5-19(13-17)28(25,26)23-8-10-27-11-9-23/h3-7,12-14H,8-11H2,1-2H3,(H,22,24). The second kappa shape index (κ2) is 8.64. The number of rotatable bonds is 5. The van der Waals surface area contributed by atoms with Gasteiger partial charge < -0.3 is 4.74 Å². The molecule has 0 saturated carbocycles. The third-order valence-corrected chi connectivity index (χ3v) is 6.40. The molecule has 0 spiro atoms. The first-order chi connectivity index (χ1) is 13.4. The van der Waals surface area contributed by atoms with Crippen molar-refractivity contribution in [2.24, 2.45) is 5.10 Å². The van der Waals surface area contributed by atoms with Crippen LogP contribution < -0.4 is 5.43 Å². The van der Waals surface area contributed by atoms with Gasteiger partial charge in [-0.3, -0.25) is 4.79 Å². The summed E-state index contributed by atoms with van der Waals surface area (Å²) >= 11 is 0. The van der Waals surface area contributed by atoms with Gasteiger partial charge in [0.15, 0.2) is 0 Å². The average Bonchev–Trinajstić information content (AvgIpc) is 2.71. The van der Waals surface area contributed by atoms with Crippen LogP contribution in [0.1, 0.15) is 27.0 Å². The molecule has 1 N–H and O–H groups in total. The Morgan fingerprint density at radius 3 is 2.64 bits per heavy atom. The molecule has 0 atom stereocenters. The number of nitrogens with zero attached hydrogens (tertiary/aromatic N) is 2. The second-order valence-corrected chi connectivity index (χ2v) is 8.54. The number of benzene rings is 2. The number of amides is 1. The molecule has 1 saturated heterocycles. The van der Waals surface area contributed by atoms with E-state index < -0.39 is 15.9 Å². The number of hydrazone groups is 1. The maximum atomic E-state index is 12.7. The Kier molecular flexibility index (Phi) is 6.23. The van der Waals surface area contributed by atoms with Gasteiger partial charge in [-0.05, 0) is 43.2 Å². The predicted molar refractivity (Wildman–Crippen MR) is 107 cm³/mol. The number of hydrogen-bond acceptors (Lipinski definition) is 5. The van der Waals surface area contributed by atoms with Gasteiger partial charge in [-0.1, -0.05) is 29.8 Å². The lowest BCUT2D eigenvalue weighted by atomic mass is 10.1. The van der Waals surface area contributed by atoms with E-state index >= 15 is 0 Å². The van der Waals surface area contributed by atoms with Crippen molar-refractivity contribution in [2.45, 2.75) is 18.7 Å². The number of carbonyl (C=O) groups is 1. The number of sulfonamides is 1. The van der Waals surface area contributed by atoms with Crippen LogP contribution in [0.3, 0.4) is 0 Å². The Morgan fingerprint density at radius 2 is 1.89 bits per heavy atom. The number of nitrogens with one attached hydrogen (secondary N) is 1.